The standard InChI is InChI=1S/C25H25N5O3/c1-31-22-13-20(14-23(32-2)24(22)33-3)29-25-27-12-10-21(30-25)18-6-8-19(9-7-18)28-16-17-5-4-11-26-15-17/h4-15,28H,16H2,1-3H3,(H,27,29,30). The van der Waals surface area contributed by atoms with Crippen LogP contribution >= 0.6 is 0 Å². The molecular weight excluding hydrogens is 418 g/mol. The van der Waals surface area contributed by atoms with Crippen molar-refractivity contribution in [2.45, 2.75) is 6.54 Å². The van der Waals surface area contributed by atoms with Crippen molar-refractivity contribution >= 4 is 17.3 Å². The van der Waals surface area contributed by atoms with Gasteiger partial charge in [0.25, 0.3) is 0 Å². The minimum Gasteiger partial charge on any atom is -0.493 e. The molecule has 0 bridgehead atoms. The van der Waals surface area contributed by atoms with Crippen LogP contribution in [0.5, 0.6) is 17.2 Å². The summed E-state index contributed by atoms with van der Waals surface area (Å²) in [5.74, 6) is 2.08. The van der Waals surface area contributed by atoms with Crippen molar-refractivity contribution in [2.75, 3.05) is 32.0 Å². The van der Waals surface area contributed by atoms with E-state index in [4.69, 9.17) is 14.2 Å². The molecule has 0 saturated heterocycles. The van der Waals surface area contributed by atoms with Gasteiger partial charge in [0.05, 0.1) is 27.0 Å². The van der Waals surface area contributed by atoms with Crippen molar-refractivity contribution in [3.63, 3.8) is 0 Å². The summed E-state index contributed by atoms with van der Waals surface area (Å²) in [7, 11) is 4.72. The van der Waals surface area contributed by atoms with Gasteiger partial charge in [0.2, 0.25) is 11.7 Å². The number of hydrogen-bond donors (Lipinski definition) is 2. The predicted octanol–water partition coefficient (Wildman–Crippen LogP) is 4.92. The van der Waals surface area contributed by atoms with Crippen molar-refractivity contribution in [3.8, 4) is 28.5 Å². The Kier molecular flexibility index (Phi) is 6.84. The zero-order chi connectivity index (χ0) is 23.0. The number of methoxy groups -OCH3 is 3. The Morgan fingerprint density at radius 3 is 2.21 bits per heavy atom. The highest BCUT2D eigenvalue weighted by molar-refractivity contribution is 5.68. The van der Waals surface area contributed by atoms with Gasteiger partial charge in [-0.1, -0.05) is 18.2 Å². The van der Waals surface area contributed by atoms with Gasteiger partial charge < -0.3 is 24.8 Å². The van der Waals surface area contributed by atoms with Crippen LogP contribution in [0.2, 0.25) is 0 Å². The number of aromatic nitrogens is 3. The van der Waals surface area contributed by atoms with E-state index in [9.17, 15) is 0 Å². The van der Waals surface area contributed by atoms with Gasteiger partial charge in [0.15, 0.2) is 11.5 Å². The smallest absolute Gasteiger partial charge is 0.227 e. The fraction of sp³-hybridized carbons (Fsp3) is 0.160. The van der Waals surface area contributed by atoms with E-state index in [1.54, 1.807) is 45.9 Å². The second-order valence-electron chi connectivity index (χ2n) is 7.10. The number of nitrogens with one attached hydrogen (secondary N) is 2. The van der Waals surface area contributed by atoms with E-state index < -0.39 is 0 Å². The molecule has 0 radical (unpaired) electrons. The Hall–Kier alpha value is -4.33. The molecule has 0 aliphatic carbocycles. The minimum atomic E-state index is 0.459. The molecule has 0 amide bonds. The molecule has 2 aromatic heterocycles. The van der Waals surface area contributed by atoms with Gasteiger partial charge in [-0.05, 0) is 29.8 Å². The molecule has 2 aromatic carbocycles. The molecule has 4 aromatic rings. The number of hydrogen-bond acceptors (Lipinski definition) is 8. The van der Waals surface area contributed by atoms with Gasteiger partial charge in [-0.2, -0.15) is 0 Å². The molecule has 0 unspecified atom stereocenters. The lowest BCUT2D eigenvalue weighted by Gasteiger charge is -2.14. The molecule has 8 heteroatoms. The van der Waals surface area contributed by atoms with Crippen LogP contribution in [0.3, 0.4) is 0 Å². The van der Waals surface area contributed by atoms with Crippen LogP contribution in [-0.2, 0) is 6.54 Å². The Labute approximate surface area is 192 Å². The molecular formula is C25H25N5O3. The third-order valence-corrected chi connectivity index (χ3v) is 4.98. The topological polar surface area (TPSA) is 90.4 Å². The average Bonchev–Trinajstić information content (AvgIpc) is 2.88. The zero-order valence-corrected chi connectivity index (χ0v) is 18.7. The number of pyridine rings is 1. The monoisotopic (exact) mass is 443 g/mol. The number of nitrogens with zero attached hydrogens (tertiary/aromatic N) is 3. The summed E-state index contributed by atoms with van der Waals surface area (Å²) in [6.45, 7) is 0.712. The minimum absolute atomic E-state index is 0.459. The summed E-state index contributed by atoms with van der Waals surface area (Å²) in [5, 5.41) is 6.60. The van der Waals surface area contributed by atoms with E-state index in [1.165, 1.54) is 0 Å². The highest BCUT2D eigenvalue weighted by atomic mass is 16.5. The Bertz CT molecular complexity index is 1180. The van der Waals surface area contributed by atoms with Crippen LogP contribution in [0.25, 0.3) is 11.3 Å². The second kappa shape index (κ2) is 10.3. The van der Waals surface area contributed by atoms with E-state index >= 15 is 0 Å². The van der Waals surface area contributed by atoms with E-state index in [2.05, 4.69) is 25.6 Å². The molecule has 8 nitrogen and oxygen atoms in total. The molecule has 4 rings (SSSR count). The first kappa shape index (κ1) is 21.9. The van der Waals surface area contributed by atoms with Gasteiger partial charge >= 0.3 is 0 Å². The van der Waals surface area contributed by atoms with E-state index in [0.717, 1.165) is 28.2 Å². The maximum atomic E-state index is 5.41. The second-order valence-corrected chi connectivity index (χ2v) is 7.10. The number of ether oxygens (including phenoxy) is 3. The average molecular weight is 444 g/mol. The molecule has 33 heavy (non-hydrogen) atoms. The van der Waals surface area contributed by atoms with Gasteiger partial charge in [-0.25, -0.2) is 9.97 Å². The first-order valence-electron chi connectivity index (χ1n) is 10.3. The van der Waals surface area contributed by atoms with Crippen LogP contribution in [-0.4, -0.2) is 36.3 Å². The normalized spacial score (nSPS) is 10.4. The van der Waals surface area contributed by atoms with Crippen LogP contribution in [0.4, 0.5) is 17.3 Å². The highest BCUT2D eigenvalue weighted by Crippen LogP contribution is 2.40. The summed E-state index contributed by atoms with van der Waals surface area (Å²) in [5.41, 5.74) is 4.65. The third-order valence-electron chi connectivity index (χ3n) is 4.98. The molecule has 2 heterocycles. The zero-order valence-electron chi connectivity index (χ0n) is 18.7. The first-order valence-corrected chi connectivity index (χ1v) is 10.3. The van der Waals surface area contributed by atoms with Crippen molar-refractivity contribution < 1.29 is 14.2 Å². The fourth-order valence-electron chi connectivity index (χ4n) is 3.33. The Morgan fingerprint density at radius 2 is 1.58 bits per heavy atom. The lowest BCUT2D eigenvalue weighted by Crippen LogP contribution is -2.01. The molecule has 0 spiro atoms. The quantitative estimate of drug-likeness (QED) is 0.377. The largest absolute Gasteiger partial charge is 0.493 e. The maximum Gasteiger partial charge on any atom is 0.227 e. The fourth-order valence-corrected chi connectivity index (χ4v) is 3.33. The molecule has 2 N–H and O–H groups in total. The van der Waals surface area contributed by atoms with Crippen molar-refractivity contribution in [1.29, 1.82) is 0 Å². The molecule has 0 aliphatic heterocycles. The highest BCUT2D eigenvalue weighted by Gasteiger charge is 2.14. The van der Waals surface area contributed by atoms with Crippen molar-refractivity contribution in [2.24, 2.45) is 0 Å². The number of benzene rings is 2. The van der Waals surface area contributed by atoms with Crippen LogP contribution in [0.1, 0.15) is 5.56 Å². The maximum absolute atomic E-state index is 5.41. The summed E-state index contributed by atoms with van der Waals surface area (Å²) < 4.78 is 16.2. The molecule has 0 fully saturated rings. The number of rotatable bonds is 9. The summed E-state index contributed by atoms with van der Waals surface area (Å²) >= 11 is 0. The molecule has 0 atom stereocenters. The lowest BCUT2D eigenvalue weighted by molar-refractivity contribution is 0.324. The van der Waals surface area contributed by atoms with Crippen LogP contribution in [0, 0.1) is 0 Å². The summed E-state index contributed by atoms with van der Waals surface area (Å²) in [4.78, 5) is 13.1. The third kappa shape index (κ3) is 5.30. The molecule has 168 valence electrons. The van der Waals surface area contributed by atoms with Gasteiger partial charge in [-0.15, -0.1) is 0 Å². The Morgan fingerprint density at radius 1 is 0.818 bits per heavy atom. The van der Waals surface area contributed by atoms with E-state index in [0.29, 0.717) is 29.7 Å². The predicted molar refractivity (Wildman–Crippen MR) is 128 cm³/mol. The first-order chi connectivity index (χ1) is 16.2. The Balaban J connectivity index is 1.49. The summed E-state index contributed by atoms with van der Waals surface area (Å²) in [6, 6.07) is 17.6. The van der Waals surface area contributed by atoms with Gasteiger partial charge in [0.1, 0.15) is 0 Å². The lowest BCUT2D eigenvalue weighted by atomic mass is 10.1. The van der Waals surface area contributed by atoms with Crippen LogP contribution in [0.15, 0.2) is 73.2 Å². The molecule has 0 saturated carbocycles. The van der Waals surface area contributed by atoms with Crippen molar-refractivity contribution in [3.05, 3.63) is 78.8 Å². The molecule has 0 aliphatic rings. The number of anilines is 3. The van der Waals surface area contributed by atoms with E-state index in [1.807, 2.05) is 48.7 Å². The van der Waals surface area contributed by atoms with Crippen molar-refractivity contribution in [1.82, 2.24) is 15.0 Å². The van der Waals surface area contributed by atoms with Crippen LogP contribution < -0.4 is 24.8 Å². The van der Waals surface area contributed by atoms with Gasteiger partial charge in [-0.3, -0.25) is 4.98 Å². The summed E-state index contributed by atoms with van der Waals surface area (Å²) in [6.07, 6.45) is 5.34. The van der Waals surface area contributed by atoms with E-state index in [-0.39, 0.29) is 0 Å². The van der Waals surface area contributed by atoms with Gasteiger partial charge in [0, 0.05) is 54.2 Å². The SMILES string of the molecule is COc1cc(Nc2nccc(-c3ccc(NCc4cccnc4)cc3)n2)cc(OC)c1OC.